The molecule has 2 nitrogen and oxygen atoms in total. The third-order valence-corrected chi connectivity index (χ3v) is 3.18. The van der Waals surface area contributed by atoms with Crippen LogP contribution < -0.4 is 0 Å². The predicted octanol–water partition coefficient (Wildman–Crippen LogP) is 2.98. The van der Waals surface area contributed by atoms with Crippen LogP contribution in [0.3, 0.4) is 0 Å². The summed E-state index contributed by atoms with van der Waals surface area (Å²) >= 11 is 3.53. The van der Waals surface area contributed by atoms with E-state index < -0.39 is 5.79 Å². The molecular formula is C11H13BrO2. The van der Waals surface area contributed by atoms with E-state index in [0.29, 0.717) is 13.2 Å². The Labute approximate surface area is 92.3 Å². The highest BCUT2D eigenvalue weighted by Gasteiger charge is 2.35. The van der Waals surface area contributed by atoms with Crippen molar-refractivity contribution < 1.29 is 9.47 Å². The lowest BCUT2D eigenvalue weighted by Crippen LogP contribution is -2.24. The van der Waals surface area contributed by atoms with Gasteiger partial charge in [-0.15, -0.1) is 0 Å². The van der Waals surface area contributed by atoms with Crippen LogP contribution in [0.5, 0.6) is 0 Å². The van der Waals surface area contributed by atoms with E-state index >= 15 is 0 Å². The number of halogens is 1. The average Bonchev–Trinajstić information content (AvgIpc) is 2.52. The van der Waals surface area contributed by atoms with E-state index in [4.69, 9.17) is 9.47 Å². The highest BCUT2D eigenvalue weighted by atomic mass is 79.9. The molecule has 0 amide bonds. The standard InChI is InChI=1S/C11H13BrO2/c1-8-4-3-5-9(12)10(8)11(2)13-6-7-14-11/h3-5H,6-7H2,1-2H3. The van der Waals surface area contributed by atoms with Crippen molar-refractivity contribution in [3.05, 3.63) is 33.8 Å². The van der Waals surface area contributed by atoms with E-state index in [9.17, 15) is 0 Å². The Kier molecular flexibility index (Phi) is 2.64. The molecule has 1 aromatic rings. The monoisotopic (exact) mass is 256 g/mol. The smallest absolute Gasteiger partial charge is 0.193 e. The van der Waals surface area contributed by atoms with Gasteiger partial charge >= 0.3 is 0 Å². The second-order valence-electron chi connectivity index (χ2n) is 3.57. The molecule has 0 unspecified atom stereocenters. The van der Waals surface area contributed by atoms with E-state index in [-0.39, 0.29) is 0 Å². The number of hydrogen-bond donors (Lipinski definition) is 0. The van der Waals surface area contributed by atoms with Gasteiger partial charge in [-0.05, 0) is 25.5 Å². The van der Waals surface area contributed by atoms with Crippen LogP contribution in [-0.4, -0.2) is 13.2 Å². The lowest BCUT2D eigenvalue weighted by Gasteiger charge is -2.25. The van der Waals surface area contributed by atoms with Crippen LogP contribution in [0.4, 0.5) is 0 Å². The molecule has 76 valence electrons. The third-order valence-electron chi connectivity index (χ3n) is 2.51. The normalized spacial score (nSPS) is 19.9. The van der Waals surface area contributed by atoms with Gasteiger partial charge in [0, 0.05) is 10.0 Å². The zero-order chi connectivity index (χ0) is 10.2. The summed E-state index contributed by atoms with van der Waals surface area (Å²) < 4.78 is 12.3. The highest BCUT2D eigenvalue weighted by molar-refractivity contribution is 9.10. The zero-order valence-electron chi connectivity index (χ0n) is 8.34. The highest BCUT2D eigenvalue weighted by Crippen LogP contribution is 2.37. The fourth-order valence-corrected chi connectivity index (χ4v) is 2.69. The molecule has 0 bridgehead atoms. The Morgan fingerprint density at radius 2 is 1.93 bits per heavy atom. The molecule has 0 spiro atoms. The van der Waals surface area contributed by atoms with Gasteiger partial charge in [0.15, 0.2) is 5.79 Å². The summed E-state index contributed by atoms with van der Waals surface area (Å²) in [5, 5.41) is 0. The van der Waals surface area contributed by atoms with E-state index in [1.54, 1.807) is 0 Å². The molecule has 1 saturated heterocycles. The van der Waals surface area contributed by atoms with Crippen molar-refractivity contribution in [2.75, 3.05) is 13.2 Å². The van der Waals surface area contributed by atoms with Crippen LogP contribution >= 0.6 is 15.9 Å². The topological polar surface area (TPSA) is 18.5 Å². The van der Waals surface area contributed by atoms with Crippen molar-refractivity contribution in [1.29, 1.82) is 0 Å². The average molecular weight is 257 g/mol. The van der Waals surface area contributed by atoms with Crippen molar-refractivity contribution in [2.24, 2.45) is 0 Å². The van der Waals surface area contributed by atoms with Gasteiger partial charge in [0.2, 0.25) is 0 Å². The minimum atomic E-state index is -0.579. The third kappa shape index (κ3) is 1.60. The van der Waals surface area contributed by atoms with Gasteiger partial charge in [0.25, 0.3) is 0 Å². The Morgan fingerprint density at radius 1 is 1.29 bits per heavy atom. The van der Waals surface area contributed by atoms with Crippen LogP contribution in [-0.2, 0) is 15.3 Å². The second-order valence-corrected chi connectivity index (χ2v) is 4.43. The van der Waals surface area contributed by atoms with Crippen LogP contribution in [0.1, 0.15) is 18.1 Å². The SMILES string of the molecule is Cc1cccc(Br)c1C1(C)OCCO1. The Balaban J connectivity index is 2.49. The molecule has 2 rings (SSSR count). The van der Waals surface area contributed by atoms with Gasteiger partial charge in [0.05, 0.1) is 13.2 Å². The predicted molar refractivity (Wildman–Crippen MR) is 58.1 cm³/mol. The number of ether oxygens (including phenoxy) is 2. The minimum absolute atomic E-state index is 0.579. The number of benzene rings is 1. The maximum Gasteiger partial charge on any atom is 0.193 e. The summed E-state index contributed by atoms with van der Waals surface area (Å²) in [5.74, 6) is -0.579. The quantitative estimate of drug-likeness (QED) is 0.770. The summed E-state index contributed by atoms with van der Waals surface area (Å²) in [4.78, 5) is 0. The van der Waals surface area contributed by atoms with E-state index in [2.05, 4.69) is 28.9 Å². The van der Waals surface area contributed by atoms with Crippen molar-refractivity contribution in [1.82, 2.24) is 0 Å². The summed E-state index contributed by atoms with van der Waals surface area (Å²) in [6, 6.07) is 6.09. The fraction of sp³-hybridized carbons (Fsp3) is 0.455. The summed E-state index contributed by atoms with van der Waals surface area (Å²) in [7, 11) is 0. The number of aryl methyl sites for hydroxylation is 1. The number of rotatable bonds is 1. The van der Waals surface area contributed by atoms with Crippen LogP contribution in [0.2, 0.25) is 0 Å². The second kappa shape index (κ2) is 3.65. The first-order chi connectivity index (χ1) is 6.63. The number of hydrogen-bond acceptors (Lipinski definition) is 2. The summed E-state index contributed by atoms with van der Waals surface area (Å²) in [6.45, 7) is 5.36. The van der Waals surface area contributed by atoms with Crippen molar-refractivity contribution in [3.63, 3.8) is 0 Å². The lowest BCUT2D eigenvalue weighted by molar-refractivity contribution is -0.150. The van der Waals surface area contributed by atoms with Gasteiger partial charge in [0.1, 0.15) is 0 Å². The minimum Gasteiger partial charge on any atom is -0.344 e. The first kappa shape index (κ1) is 10.1. The van der Waals surface area contributed by atoms with E-state index in [0.717, 1.165) is 10.0 Å². The van der Waals surface area contributed by atoms with Gasteiger partial charge < -0.3 is 9.47 Å². The molecule has 3 heteroatoms. The molecular weight excluding hydrogens is 244 g/mol. The molecule has 1 fully saturated rings. The van der Waals surface area contributed by atoms with Gasteiger partial charge in [-0.3, -0.25) is 0 Å². The molecule has 14 heavy (non-hydrogen) atoms. The Hall–Kier alpha value is -0.380. The lowest BCUT2D eigenvalue weighted by atomic mass is 10.0. The molecule has 1 aliphatic rings. The molecule has 0 aromatic heterocycles. The Morgan fingerprint density at radius 3 is 2.50 bits per heavy atom. The molecule has 1 aromatic carbocycles. The van der Waals surface area contributed by atoms with Gasteiger partial charge in [-0.1, -0.05) is 28.1 Å². The maximum absolute atomic E-state index is 5.64. The van der Waals surface area contributed by atoms with Crippen molar-refractivity contribution >= 4 is 15.9 Å². The molecule has 1 aliphatic heterocycles. The van der Waals surface area contributed by atoms with E-state index in [1.807, 2.05) is 19.1 Å². The molecule has 0 atom stereocenters. The summed E-state index contributed by atoms with van der Waals surface area (Å²) in [5.41, 5.74) is 2.28. The molecule has 0 radical (unpaired) electrons. The maximum atomic E-state index is 5.64. The van der Waals surface area contributed by atoms with Gasteiger partial charge in [-0.25, -0.2) is 0 Å². The largest absolute Gasteiger partial charge is 0.344 e. The Bertz CT molecular complexity index is 323. The molecule has 0 aliphatic carbocycles. The van der Waals surface area contributed by atoms with E-state index in [1.165, 1.54) is 5.56 Å². The molecule has 0 N–H and O–H groups in total. The van der Waals surface area contributed by atoms with Crippen LogP contribution in [0, 0.1) is 6.92 Å². The van der Waals surface area contributed by atoms with Crippen molar-refractivity contribution in [3.8, 4) is 0 Å². The van der Waals surface area contributed by atoms with Gasteiger partial charge in [-0.2, -0.15) is 0 Å². The van der Waals surface area contributed by atoms with Crippen LogP contribution in [0.15, 0.2) is 22.7 Å². The summed E-state index contributed by atoms with van der Waals surface area (Å²) in [6.07, 6.45) is 0. The molecule has 1 heterocycles. The fourth-order valence-electron chi connectivity index (χ4n) is 1.87. The van der Waals surface area contributed by atoms with Crippen LogP contribution in [0.25, 0.3) is 0 Å². The van der Waals surface area contributed by atoms with Crippen molar-refractivity contribution in [2.45, 2.75) is 19.6 Å². The zero-order valence-corrected chi connectivity index (χ0v) is 9.93. The first-order valence-corrected chi connectivity index (χ1v) is 5.46. The first-order valence-electron chi connectivity index (χ1n) is 4.67. The molecule has 0 saturated carbocycles.